The molecule has 0 saturated heterocycles. The Balaban J connectivity index is 1.50. The molecule has 0 bridgehead atoms. The van der Waals surface area contributed by atoms with Crippen LogP contribution >= 0.6 is 0 Å². The summed E-state index contributed by atoms with van der Waals surface area (Å²) in [5, 5.41) is 1.45. The minimum atomic E-state index is -0.360. The van der Waals surface area contributed by atoms with Crippen molar-refractivity contribution in [2.45, 2.75) is 39.0 Å². The molecule has 4 aromatic rings. The number of aryl methyl sites for hydroxylation is 3. The van der Waals surface area contributed by atoms with Gasteiger partial charge in [0.2, 0.25) is 0 Å². The molecule has 0 saturated carbocycles. The molecule has 30 heavy (non-hydrogen) atoms. The Morgan fingerprint density at radius 2 is 1.37 bits per heavy atom. The summed E-state index contributed by atoms with van der Waals surface area (Å²) in [6.07, 6.45) is 5.47. The van der Waals surface area contributed by atoms with E-state index in [2.05, 4.69) is 37.3 Å². The lowest BCUT2D eigenvalue weighted by Gasteiger charge is -2.09. The van der Waals surface area contributed by atoms with Crippen molar-refractivity contribution in [1.29, 1.82) is 0 Å². The molecule has 0 amide bonds. The molecular formula is C28H26F2. The van der Waals surface area contributed by atoms with Crippen molar-refractivity contribution in [3.05, 3.63) is 107 Å². The lowest BCUT2D eigenvalue weighted by Crippen LogP contribution is -1.94. The van der Waals surface area contributed by atoms with Crippen molar-refractivity contribution in [2.75, 3.05) is 0 Å². The monoisotopic (exact) mass is 400 g/mol. The summed E-state index contributed by atoms with van der Waals surface area (Å²) in [5.41, 5.74) is 4.90. The molecule has 4 rings (SSSR count). The van der Waals surface area contributed by atoms with Gasteiger partial charge < -0.3 is 0 Å². The zero-order valence-corrected chi connectivity index (χ0v) is 17.3. The molecule has 0 aliphatic heterocycles. The first-order valence-electron chi connectivity index (χ1n) is 10.7. The maximum Gasteiger partial charge on any atom is 0.138 e. The van der Waals surface area contributed by atoms with Crippen molar-refractivity contribution >= 4 is 10.8 Å². The molecule has 0 atom stereocenters. The van der Waals surface area contributed by atoms with Gasteiger partial charge in [-0.3, -0.25) is 0 Å². The van der Waals surface area contributed by atoms with Gasteiger partial charge in [-0.1, -0.05) is 80.1 Å². The summed E-state index contributed by atoms with van der Waals surface area (Å²) in [7, 11) is 0. The lowest BCUT2D eigenvalue weighted by atomic mass is 9.97. The van der Waals surface area contributed by atoms with E-state index in [1.54, 1.807) is 18.2 Å². The SMILES string of the molecule is CCCCc1ccc(CCc2ccc3c(F)c(-c4cccc(F)c4)ccc3c2)cc1. The second-order valence-corrected chi connectivity index (χ2v) is 7.91. The zero-order valence-electron chi connectivity index (χ0n) is 17.3. The van der Waals surface area contributed by atoms with Crippen LogP contribution in [0.15, 0.2) is 78.9 Å². The topological polar surface area (TPSA) is 0 Å². The quantitative estimate of drug-likeness (QED) is 0.296. The Morgan fingerprint density at radius 1 is 0.667 bits per heavy atom. The highest BCUT2D eigenvalue weighted by atomic mass is 19.1. The normalized spacial score (nSPS) is 11.2. The Hall–Kier alpha value is -3.00. The molecule has 0 fully saturated rings. The van der Waals surface area contributed by atoms with Crippen LogP contribution in [0.4, 0.5) is 8.78 Å². The molecule has 0 aliphatic carbocycles. The van der Waals surface area contributed by atoms with Gasteiger partial charge in [0, 0.05) is 10.9 Å². The van der Waals surface area contributed by atoms with Crippen molar-refractivity contribution < 1.29 is 8.78 Å². The predicted molar refractivity (Wildman–Crippen MR) is 122 cm³/mol. The van der Waals surface area contributed by atoms with Crippen LogP contribution in [0.3, 0.4) is 0 Å². The van der Waals surface area contributed by atoms with Gasteiger partial charge in [0.25, 0.3) is 0 Å². The lowest BCUT2D eigenvalue weighted by molar-refractivity contribution is 0.627. The Bertz CT molecular complexity index is 1140. The van der Waals surface area contributed by atoms with Crippen molar-refractivity contribution in [3.63, 3.8) is 0 Å². The van der Waals surface area contributed by atoms with E-state index in [0.717, 1.165) is 24.6 Å². The number of halogens is 2. The fourth-order valence-corrected chi connectivity index (χ4v) is 3.92. The Kier molecular flexibility index (Phi) is 6.23. The molecule has 2 heteroatoms. The first-order chi connectivity index (χ1) is 14.6. The van der Waals surface area contributed by atoms with Crippen molar-refractivity contribution in [2.24, 2.45) is 0 Å². The summed E-state index contributed by atoms with van der Waals surface area (Å²) in [6, 6.07) is 24.5. The molecule has 0 N–H and O–H groups in total. The number of hydrogen-bond donors (Lipinski definition) is 0. The molecule has 0 heterocycles. The van der Waals surface area contributed by atoms with Crippen LogP contribution in [0, 0.1) is 11.6 Å². The molecule has 0 nitrogen and oxygen atoms in total. The van der Waals surface area contributed by atoms with Gasteiger partial charge in [-0.25, -0.2) is 8.78 Å². The molecule has 0 unspecified atom stereocenters. The van der Waals surface area contributed by atoms with E-state index in [0.29, 0.717) is 16.5 Å². The summed E-state index contributed by atoms with van der Waals surface area (Å²) in [4.78, 5) is 0. The van der Waals surface area contributed by atoms with Crippen LogP contribution in [0.5, 0.6) is 0 Å². The van der Waals surface area contributed by atoms with Gasteiger partial charge >= 0.3 is 0 Å². The first-order valence-corrected chi connectivity index (χ1v) is 10.7. The largest absolute Gasteiger partial charge is 0.207 e. The summed E-state index contributed by atoms with van der Waals surface area (Å²) in [5.74, 6) is -0.659. The number of unbranched alkanes of at least 4 members (excludes halogenated alkanes) is 1. The van der Waals surface area contributed by atoms with Crippen LogP contribution in [-0.4, -0.2) is 0 Å². The average molecular weight is 401 g/mol. The van der Waals surface area contributed by atoms with E-state index in [-0.39, 0.29) is 11.6 Å². The van der Waals surface area contributed by atoms with Gasteiger partial charge in [-0.15, -0.1) is 0 Å². The zero-order chi connectivity index (χ0) is 20.9. The molecular weight excluding hydrogens is 374 g/mol. The van der Waals surface area contributed by atoms with E-state index in [1.165, 1.54) is 41.7 Å². The number of fused-ring (bicyclic) bond motifs is 1. The second kappa shape index (κ2) is 9.21. The van der Waals surface area contributed by atoms with Crippen LogP contribution in [0.25, 0.3) is 21.9 Å². The third-order valence-electron chi connectivity index (χ3n) is 5.70. The predicted octanol–water partition coefficient (Wildman–Crippen LogP) is 7.91. The summed E-state index contributed by atoms with van der Waals surface area (Å²) < 4.78 is 28.6. The van der Waals surface area contributed by atoms with Crippen molar-refractivity contribution in [3.8, 4) is 11.1 Å². The number of benzene rings is 4. The molecule has 4 aromatic carbocycles. The van der Waals surface area contributed by atoms with E-state index < -0.39 is 0 Å². The highest BCUT2D eigenvalue weighted by Crippen LogP contribution is 2.30. The van der Waals surface area contributed by atoms with Crippen molar-refractivity contribution in [1.82, 2.24) is 0 Å². The van der Waals surface area contributed by atoms with Gasteiger partial charge in [0.05, 0.1) is 0 Å². The van der Waals surface area contributed by atoms with E-state index >= 15 is 4.39 Å². The summed E-state index contributed by atoms with van der Waals surface area (Å²) in [6.45, 7) is 2.21. The van der Waals surface area contributed by atoms with Gasteiger partial charge in [0.1, 0.15) is 11.6 Å². The highest BCUT2D eigenvalue weighted by Gasteiger charge is 2.10. The fourth-order valence-electron chi connectivity index (χ4n) is 3.92. The third-order valence-corrected chi connectivity index (χ3v) is 5.70. The minimum absolute atomic E-state index is 0.299. The van der Waals surface area contributed by atoms with Crippen LogP contribution < -0.4 is 0 Å². The molecule has 0 aromatic heterocycles. The van der Waals surface area contributed by atoms with E-state index in [1.807, 2.05) is 18.2 Å². The summed E-state index contributed by atoms with van der Waals surface area (Å²) >= 11 is 0. The molecule has 0 radical (unpaired) electrons. The standard InChI is InChI=1S/C28H26F2/c1-2-3-5-20-8-10-21(11-9-20)12-13-22-14-16-26-24(18-22)15-17-27(28(26)30)23-6-4-7-25(29)19-23/h4,6-11,14-19H,2-3,5,12-13H2,1H3. The van der Waals surface area contributed by atoms with Gasteiger partial charge in [0.15, 0.2) is 0 Å². The van der Waals surface area contributed by atoms with Gasteiger partial charge in [-0.2, -0.15) is 0 Å². The Morgan fingerprint density at radius 3 is 2.10 bits per heavy atom. The molecule has 0 spiro atoms. The van der Waals surface area contributed by atoms with Crippen LogP contribution in [-0.2, 0) is 19.3 Å². The van der Waals surface area contributed by atoms with E-state index in [9.17, 15) is 4.39 Å². The minimum Gasteiger partial charge on any atom is -0.207 e. The van der Waals surface area contributed by atoms with E-state index in [4.69, 9.17) is 0 Å². The van der Waals surface area contributed by atoms with Crippen LogP contribution in [0.1, 0.15) is 36.5 Å². The Labute approximate surface area is 177 Å². The fraction of sp³-hybridized carbons (Fsp3) is 0.214. The maximum absolute atomic E-state index is 15.1. The number of hydrogen-bond acceptors (Lipinski definition) is 0. The third kappa shape index (κ3) is 4.59. The van der Waals surface area contributed by atoms with Crippen LogP contribution in [0.2, 0.25) is 0 Å². The molecule has 0 aliphatic rings. The smallest absolute Gasteiger partial charge is 0.138 e. The average Bonchev–Trinajstić information content (AvgIpc) is 2.77. The highest BCUT2D eigenvalue weighted by molar-refractivity contribution is 5.88. The second-order valence-electron chi connectivity index (χ2n) is 7.91. The molecule has 152 valence electrons. The number of rotatable bonds is 7. The maximum atomic E-state index is 15.1. The first kappa shape index (κ1) is 20.3. The van der Waals surface area contributed by atoms with Gasteiger partial charge in [-0.05, 0) is 65.5 Å².